The minimum atomic E-state index is 0.383. The lowest BCUT2D eigenvalue weighted by Gasteiger charge is -2.10. The topological polar surface area (TPSA) is 64.9 Å². The first kappa shape index (κ1) is 12.9. The van der Waals surface area contributed by atoms with Crippen molar-refractivity contribution >= 4 is 28.1 Å². The molecule has 3 nitrogen and oxygen atoms in total. The maximum Gasteiger partial charge on any atom is 0.0618 e. The van der Waals surface area contributed by atoms with Crippen LogP contribution >= 0.6 is 11.6 Å². The molecule has 0 amide bonds. The Labute approximate surface area is 122 Å². The first-order valence-corrected chi connectivity index (χ1v) is 6.70. The van der Waals surface area contributed by atoms with Crippen LogP contribution in [0.5, 0.6) is 0 Å². The summed E-state index contributed by atoms with van der Waals surface area (Å²) < 4.78 is 0. The summed E-state index contributed by atoms with van der Waals surface area (Å²) in [6, 6.07) is 13.5. The molecule has 0 aliphatic rings. The van der Waals surface area contributed by atoms with Crippen molar-refractivity contribution in [3.05, 3.63) is 59.4 Å². The van der Waals surface area contributed by atoms with Crippen LogP contribution in [0.1, 0.15) is 5.69 Å². The second-order valence-electron chi connectivity index (χ2n) is 4.64. The van der Waals surface area contributed by atoms with Gasteiger partial charge in [0.2, 0.25) is 0 Å². The second kappa shape index (κ2) is 5.12. The Morgan fingerprint density at radius 2 is 1.90 bits per heavy atom. The van der Waals surface area contributed by atoms with Crippen molar-refractivity contribution in [2.75, 3.05) is 5.73 Å². The van der Waals surface area contributed by atoms with Crippen LogP contribution < -0.4 is 11.5 Å². The summed E-state index contributed by atoms with van der Waals surface area (Å²) in [5.74, 6) is 0. The highest BCUT2D eigenvalue weighted by Crippen LogP contribution is 2.31. The number of nitrogens with two attached hydrogens (primary N) is 2. The van der Waals surface area contributed by atoms with Gasteiger partial charge < -0.3 is 11.5 Å². The van der Waals surface area contributed by atoms with Crippen molar-refractivity contribution in [1.82, 2.24) is 4.98 Å². The number of rotatable bonds is 2. The van der Waals surface area contributed by atoms with Crippen LogP contribution in [0.2, 0.25) is 5.02 Å². The van der Waals surface area contributed by atoms with Crippen LogP contribution in [-0.4, -0.2) is 4.98 Å². The number of aromatic nitrogens is 1. The lowest BCUT2D eigenvalue weighted by molar-refractivity contribution is 1.01. The van der Waals surface area contributed by atoms with Crippen LogP contribution in [0, 0.1) is 0 Å². The first-order valence-electron chi connectivity index (χ1n) is 6.32. The fourth-order valence-electron chi connectivity index (χ4n) is 2.37. The summed E-state index contributed by atoms with van der Waals surface area (Å²) in [7, 11) is 0. The van der Waals surface area contributed by atoms with Crippen LogP contribution in [0.25, 0.3) is 21.9 Å². The maximum atomic E-state index is 6.08. The van der Waals surface area contributed by atoms with Gasteiger partial charge in [-0.15, -0.1) is 0 Å². The van der Waals surface area contributed by atoms with Gasteiger partial charge in [-0.1, -0.05) is 29.8 Å². The van der Waals surface area contributed by atoms with E-state index in [0.717, 1.165) is 33.3 Å². The molecule has 3 rings (SSSR count). The normalized spacial score (nSPS) is 10.9. The van der Waals surface area contributed by atoms with Gasteiger partial charge >= 0.3 is 0 Å². The molecule has 4 heteroatoms. The zero-order valence-electron chi connectivity index (χ0n) is 10.8. The van der Waals surface area contributed by atoms with E-state index in [2.05, 4.69) is 4.98 Å². The summed E-state index contributed by atoms with van der Waals surface area (Å²) in [6.45, 7) is 0.383. The summed E-state index contributed by atoms with van der Waals surface area (Å²) in [6.07, 6.45) is 1.84. The molecule has 1 heterocycles. The molecule has 100 valence electrons. The lowest BCUT2D eigenvalue weighted by atomic mass is 9.99. The summed E-state index contributed by atoms with van der Waals surface area (Å²) in [4.78, 5) is 4.45. The lowest BCUT2D eigenvalue weighted by Crippen LogP contribution is -2.01. The van der Waals surface area contributed by atoms with Gasteiger partial charge in [0.05, 0.1) is 5.69 Å². The Morgan fingerprint density at radius 1 is 1.05 bits per heavy atom. The Hall–Kier alpha value is -2.10. The number of fused-ring (bicyclic) bond motifs is 1. The summed E-state index contributed by atoms with van der Waals surface area (Å²) in [5, 5.41) is 2.74. The molecule has 0 aliphatic carbocycles. The highest BCUT2D eigenvalue weighted by atomic mass is 35.5. The monoisotopic (exact) mass is 283 g/mol. The van der Waals surface area contributed by atoms with E-state index < -0.39 is 0 Å². The number of halogens is 1. The molecular formula is C16H14ClN3. The average Bonchev–Trinajstić information content (AvgIpc) is 2.46. The molecule has 0 spiro atoms. The molecule has 0 saturated carbocycles. The van der Waals surface area contributed by atoms with Gasteiger partial charge in [0.25, 0.3) is 0 Å². The third kappa shape index (κ3) is 2.22. The van der Waals surface area contributed by atoms with Crippen molar-refractivity contribution in [2.45, 2.75) is 6.54 Å². The van der Waals surface area contributed by atoms with E-state index in [0.29, 0.717) is 11.6 Å². The molecule has 0 aliphatic heterocycles. The van der Waals surface area contributed by atoms with Crippen molar-refractivity contribution < 1.29 is 0 Å². The molecule has 1 aromatic heterocycles. The average molecular weight is 284 g/mol. The van der Waals surface area contributed by atoms with Crippen LogP contribution in [-0.2, 0) is 6.54 Å². The number of hydrogen-bond acceptors (Lipinski definition) is 3. The third-order valence-electron chi connectivity index (χ3n) is 3.32. The zero-order chi connectivity index (χ0) is 14.1. The summed E-state index contributed by atoms with van der Waals surface area (Å²) in [5.41, 5.74) is 15.2. The Balaban J connectivity index is 2.32. The molecule has 0 unspecified atom stereocenters. The largest absolute Gasteiger partial charge is 0.399 e. The number of anilines is 1. The first-order chi connectivity index (χ1) is 9.69. The molecule has 0 bridgehead atoms. The second-order valence-corrected chi connectivity index (χ2v) is 5.07. The van der Waals surface area contributed by atoms with Crippen LogP contribution in [0.15, 0.2) is 48.7 Å². The van der Waals surface area contributed by atoms with Crippen molar-refractivity contribution in [3.8, 4) is 11.1 Å². The van der Waals surface area contributed by atoms with E-state index in [-0.39, 0.29) is 0 Å². The van der Waals surface area contributed by atoms with E-state index in [1.54, 1.807) is 0 Å². The van der Waals surface area contributed by atoms with Gasteiger partial charge in [-0.25, -0.2) is 0 Å². The molecular weight excluding hydrogens is 270 g/mol. The Kier molecular flexibility index (Phi) is 3.30. The standard InChI is InChI=1S/C16H14ClN3/c17-11-4-5-13-14(7-11)16(8-18)20-9-15(13)10-2-1-3-12(19)6-10/h1-7,9H,8,18-19H2. The van der Waals surface area contributed by atoms with Crippen molar-refractivity contribution in [3.63, 3.8) is 0 Å². The molecule has 3 aromatic rings. The Bertz CT molecular complexity index is 784. The molecule has 0 radical (unpaired) electrons. The molecule has 20 heavy (non-hydrogen) atoms. The highest BCUT2D eigenvalue weighted by molar-refractivity contribution is 6.31. The molecule has 0 atom stereocenters. The minimum Gasteiger partial charge on any atom is -0.399 e. The maximum absolute atomic E-state index is 6.08. The fraction of sp³-hybridized carbons (Fsp3) is 0.0625. The predicted molar refractivity (Wildman–Crippen MR) is 84.5 cm³/mol. The smallest absolute Gasteiger partial charge is 0.0618 e. The van der Waals surface area contributed by atoms with Crippen molar-refractivity contribution in [1.29, 1.82) is 0 Å². The number of hydrogen-bond donors (Lipinski definition) is 2. The Morgan fingerprint density at radius 3 is 2.65 bits per heavy atom. The zero-order valence-corrected chi connectivity index (χ0v) is 11.6. The van der Waals surface area contributed by atoms with Gasteiger partial charge in [0, 0.05) is 34.4 Å². The summed E-state index contributed by atoms with van der Waals surface area (Å²) >= 11 is 6.08. The highest BCUT2D eigenvalue weighted by Gasteiger charge is 2.09. The third-order valence-corrected chi connectivity index (χ3v) is 3.56. The number of benzene rings is 2. The molecule has 2 aromatic carbocycles. The van der Waals surface area contributed by atoms with Gasteiger partial charge in [-0.05, 0) is 35.2 Å². The van der Waals surface area contributed by atoms with E-state index in [4.69, 9.17) is 23.1 Å². The van der Waals surface area contributed by atoms with Gasteiger partial charge in [0.1, 0.15) is 0 Å². The minimum absolute atomic E-state index is 0.383. The quantitative estimate of drug-likeness (QED) is 0.706. The number of pyridine rings is 1. The van der Waals surface area contributed by atoms with Gasteiger partial charge in [-0.3, -0.25) is 4.98 Å². The van der Waals surface area contributed by atoms with Gasteiger partial charge in [0.15, 0.2) is 0 Å². The van der Waals surface area contributed by atoms with E-state index in [1.165, 1.54) is 0 Å². The van der Waals surface area contributed by atoms with Crippen molar-refractivity contribution in [2.24, 2.45) is 5.73 Å². The molecule has 0 saturated heterocycles. The number of nitrogen functional groups attached to an aromatic ring is 1. The van der Waals surface area contributed by atoms with Crippen LogP contribution in [0.4, 0.5) is 5.69 Å². The van der Waals surface area contributed by atoms with E-state index in [9.17, 15) is 0 Å². The number of nitrogens with zero attached hydrogens (tertiary/aromatic N) is 1. The fourth-order valence-corrected chi connectivity index (χ4v) is 2.54. The SMILES string of the molecule is NCc1ncc(-c2cccc(N)c2)c2ccc(Cl)cc12. The molecule has 0 fully saturated rings. The molecule has 4 N–H and O–H groups in total. The van der Waals surface area contributed by atoms with Gasteiger partial charge in [-0.2, -0.15) is 0 Å². The van der Waals surface area contributed by atoms with Crippen LogP contribution in [0.3, 0.4) is 0 Å². The van der Waals surface area contributed by atoms with E-state index >= 15 is 0 Å². The van der Waals surface area contributed by atoms with E-state index in [1.807, 2.05) is 48.7 Å². The predicted octanol–water partition coefficient (Wildman–Crippen LogP) is 3.60.